The molecular formula is C19H24N4O2. The second-order valence-corrected chi connectivity index (χ2v) is 7.01. The molecule has 6 nitrogen and oxygen atoms in total. The van der Waals surface area contributed by atoms with Crippen molar-refractivity contribution >= 4 is 6.03 Å². The highest BCUT2D eigenvalue weighted by Crippen LogP contribution is 2.38. The molecule has 132 valence electrons. The van der Waals surface area contributed by atoms with E-state index in [1.54, 1.807) is 4.68 Å². The van der Waals surface area contributed by atoms with Crippen LogP contribution in [0.5, 0.6) is 0 Å². The van der Waals surface area contributed by atoms with Gasteiger partial charge in [-0.3, -0.25) is 4.68 Å². The quantitative estimate of drug-likeness (QED) is 0.934. The zero-order chi connectivity index (χ0) is 17.3. The summed E-state index contributed by atoms with van der Waals surface area (Å²) in [6.45, 7) is 2.47. The lowest BCUT2D eigenvalue weighted by Crippen LogP contribution is -2.58. The zero-order valence-corrected chi connectivity index (χ0v) is 14.6. The lowest BCUT2D eigenvalue weighted by Gasteiger charge is -2.48. The van der Waals surface area contributed by atoms with E-state index in [1.165, 1.54) is 6.42 Å². The largest absolute Gasteiger partial charge is 0.371 e. The fraction of sp³-hybridized carbons (Fsp3) is 0.474. The first-order valence-corrected chi connectivity index (χ1v) is 8.90. The summed E-state index contributed by atoms with van der Waals surface area (Å²) in [6, 6.07) is 10.0. The monoisotopic (exact) mass is 340 g/mol. The van der Waals surface area contributed by atoms with Crippen molar-refractivity contribution in [3.63, 3.8) is 0 Å². The van der Waals surface area contributed by atoms with Gasteiger partial charge in [-0.2, -0.15) is 5.10 Å². The maximum absolute atomic E-state index is 12.6. The number of nitrogens with zero attached hydrogens (tertiary/aromatic N) is 3. The Balaban J connectivity index is 1.42. The summed E-state index contributed by atoms with van der Waals surface area (Å²) in [7, 11) is 1.90. The lowest BCUT2D eigenvalue weighted by atomic mass is 9.79. The first-order chi connectivity index (χ1) is 12.2. The third kappa shape index (κ3) is 3.26. The van der Waals surface area contributed by atoms with Crippen molar-refractivity contribution in [2.45, 2.75) is 31.4 Å². The molecule has 2 fully saturated rings. The van der Waals surface area contributed by atoms with Crippen LogP contribution in [0.3, 0.4) is 0 Å². The van der Waals surface area contributed by atoms with Gasteiger partial charge in [-0.25, -0.2) is 4.79 Å². The normalized spacial score (nSPS) is 18.8. The van der Waals surface area contributed by atoms with Crippen molar-refractivity contribution in [3.05, 3.63) is 42.1 Å². The predicted octanol–water partition coefficient (Wildman–Crippen LogP) is 2.55. The molecule has 1 saturated heterocycles. The lowest BCUT2D eigenvalue weighted by molar-refractivity contribution is -0.141. The van der Waals surface area contributed by atoms with Crippen LogP contribution in [0, 0.1) is 0 Å². The van der Waals surface area contributed by atoms with Crippen LogP contribution in [0.4, 0.5) is 4.79 Å². The Morgan fingerprint density at radius 2 is 2.12 bits per heavy atom. The zero-order valence-electron chi connectivity index (χ0n) is 14.6. The highest BCUT2D eigenvalue weighted by molar-refractivity contribution is 5.75. The fourth-order valence-electron chi connectivity index (χ4n) is 3.68. The standard InChI is InChI=1S/C19H24N4O2/c1-22-13-16(17(21-22)15-6-3-2-4-7-15)12-20-18(24)23-10-11-25-19(14-23)8-5-9-19/h2-4,6-7,13H,5,8-12,14H2,1H3,(H,20,24). The Kier molecular flexibility index (Phi) is 4.21. The van der Waals surface area contributed by atoms with Crippen molar-refractivity contribution < 1.29 is 9.53 Å². The molecule has 1 aliphatic carbocycles. The summed E-state index contributed by atoms with van der Waals surface area (Å²) < 4.78 is 7.68. The molecule has 25 heavy (non-hydrogen) atoms. The third-order valence-electron chi connectivity index (χ3n) is 5.18. The van der Waals surface area contributed by atoms with Gasteiger partial charge < -0.3 is 15.0 Å². The number of aryl methyl sites for hydroxylation is 1. The van der Waals surface area contributed by atoms with E-state index < -0.39 is 0 Å². The van der Waals surface area contributed by atoms with Gasteiger partial charge in [-0.15, -0.1) is 0 Å². The average Bonchev–Trinajstić information content (AvgIpc) is 3.00. The summed E-state index contributed by atoms with van der Waals surface area (Å²) in [4.78, 5) is 14.5. The number of ether oxygens (including phenoxy) is 1. The minimum Gasteiger partial charge on any atom is -0.371 e. The maximum atomic E-state index is 12.6. The number of nitrogens with one attached hydrogen (secondary N) is 1. The first-order valence-electron chi connectivity index (χ1n) is 8.90. The van der Waals surface area contributed by atoms with E-state index in [1.807, 2.05) is 48.5 Å². The average molecular weight is 340 g/mol. The molecule has 2 amide bonds. The summed E-state index contributed by atoms with van der Waals surface area (Å²) in [5.41, 5.74) is 2.93. The second kappa shape index (κ2) is 6.52. The van der Waals surface area contributed by atoms with Crippen LogP contribution in [0.15, 0.2) is 36.5 Å². The number of urea groups is 1. The molecular weight excluding hydrogens is 316 g/mol. The van der Waals surface area contributed by atoms with Crippen molar-refractivity contribution in [1.82, 2.24) is 20.0 Å². The number of aromatic nitrogens is 2. The molecule has 2 heterocycles. The highest BCUT2D eigenvalue weighted by Gasteiger charge is 2.43. The second-order valence-electron chi connectivity index (χ2n) is 7.01. The Hall–Kier alpha value is -2.34. The molecule has 0 unspecified atom stereocenters. The molecule has 4 rings (SSSR count). The smallest absolute Gasteiger partial charge is 0.317 e. The Bertz CT molecular complexity index is 752. The molecule has 1 spiro atoms. The third-order valence-corrected chi connectivity index (χ3v) is 5.18. The minimum atomic E-state index is -0.0703. The van der Waals surface area contributed by atoms with Crippen molar-refractivity contribution in [3.8, 4) is 11.3 Å². The number of carbonyl (C=O) groups is 1. The molecule has 2 aromatic rings. The Morgan fingerprint density at radius 1 is 1.32 bits per heavy atom. The van der Waals surface area contributed by atoms with Crippen molar-refractivity contribution in [2.24, 2.45) is 7.05 Å². The van der Waals surface area contributed by atoms with Gasteiger partial charge >= 0.3 is 6.03 Å². The van der Waals surface area contributed by atoms with Gasteiger partial charge in [0.1, 0.15) is 0 Å². The summed E-state index contributed by atoms with van der Waals surface area (Å²) in [6.07, 6.45) is 5.30. The Morgan fingerprint density at radius 3 is 2.84 bits per heavy atom. The van der Waals surface area contributed by atoms with E-state index in [9.17, 15) is 4.79 Å². The SMILES string of the molecule is Cn1cc(CNC(=O)N2CCOC3(CCC3)C2)c(-c2ccccc2)n1. The van der Waals surface area contributed by atoms with Crippen molar-refractivity contribution in [2.75, 3.05) is 19.7 Å². The molecule has 6 heteroatoms. The minimum absolute atomic E-state index is 0.0163. The van der Waals surface area contributed by atoms with Gasteiger partial charge in [0.25, 0.3) is 0 Å². The molecule has 1 aromatic carbocycles. The number of benzene rings is 1. The predicted molar refractivity (Wildman–Crippen MR) is 95.0 cm³/mol. The van der Waals surface area contributed by atoms with Gasteiger partial charge in [0.2, 0.25) is 0 Å². The molecule has 1 aliphatic heterocycles. The fourth-order valence-corrected chi connectivity index (χ4v) is 3.68. The first kappa shape index (κ1) is 16.1. The number of rotatable bonds is 3. The van der Waals surface area contributed by atoms with Crippen LogP contribution in [0.25, 0.3) is 11.3 Å². The van der Waals surface area contributed by atoms with E-state index >= 15 is 0 Å². The van der Waals surface area contributed by atoms with Gasteiger partial charge in [0, 0.05) is 37.5 Å². The number of morpholine rings is 1. The summed E-state index contributed by atoms with van der Waals surface area (Å²) in [5, 5.41) is 7.60. The van der Waals surface area contributed by atoms with Crippen LogP contribution in [0.2, 0.25) is 0 Å². The van der Waals surface area contributed by atoms with Gasteiger partial charge in [0.15, 0.2) is 0 Å². The van der Waals surface area contributed by atoms with Gasteiger partial charge in [-0.1, -0.05) is 30.3 Å². The molecule has 0 radical (unpaired) electrons. The van der Waals surface area contributed by atoms with Crippen LogP contribution in [-0.2, 0) is 18.3 Å². The maximum Gasteiger partial charge on any atom is 0.317 e. The van der Waals surface area contributed by atoms with Gasteiger partial charge in [0.05, 0.1) is 24.4 Å². The number of amides is 2. The van der Waals surface area contributed by atoms with Crippen LogP contribution in [0.1, 0.15) is 24.8 Å². The highest BCUT2D eigenvalue weighted by atomic mass is 16.5. The molecule has 0 atom stereocenters. The van der Waals surface area contributed by atoms with Crippen molar-refractivity contribution in [1.29, 1.82) is 0 Å². The van der Waals surface area contributed by atoms with E-state index in [2.05, 4.69) is 10.4 Å². The number of hydrogen-bond donors (Lipinski definition) is 1. The van der Waals surface area contributed by atoms with Crippen LogP contribution in [-0.4, -0.2) is 46.0 Å². The number of carbonyl (C=O) groups excluding carboxylic acids is 1. The van der Waals surface area contributed by atoms with Crippen LogP contribution < -0.4 is 5.32 Å². The molecule has 1 saturated carbocycles. The van der Waals surface area contributed by atoms with E-state index in [0.29, 0.717) is 26.2 Å². The van der Waals surface area contributed by atoms with Crippen LogP contribution >= 0.6 is 0 Å². The summed E-state index contributed by atoms with van der Waals surface area (Å²) in [5.74, 6) is 0. The van der Waals surface area contributed by atoms with Gasteiger partial charge in [-0.05, 0) is 19.3 Å². The molecule has 0 bridgehead atoms. The Labute approximate surface area is 147 Å². The summed E-state index contributed by atoms with van der Waals surface area (Å²) >= 11 is 0. The molecule has 1 N–H and O–H groups in total. The van der Waals surface area contributed by atoms with E-state index in [0.717, 1.165) is 29.7 Å². The molecule has 1 aromatic heterocycles. The topological polar surface area (TPSA) is 59.4 Å². The molecule has 2 aliphatic rings. The van der Waals surface area contributed by atoms with E-state index in [4.69, 9.17) is 4.74 Å². The number of hydrogen-bond acceptors (Lipinski definition) is 3. The van der Waals surface area contributed by atoms with E-state index in [-0.39, 0.29) is 11.6 Å².